The summed E-state index contributed by atoms with van der Waals surface area (Å²) in [6, 6.07) is 10.7. The summed E-state index contributed by atoms with van der Waals surface area (Å²) in [6.45, 7) is -0.109. The minimum atomic E-state index is -3.88. The number of aliphatic hydroxyl groups excluding tert-OH is 1. The first-order valence-corrected chi connectivity index (χ1v) is 12.6. The summed E-state index contributed by atoms with van der Waals surface area (Å²) in [6.07, 6.45) is 0.300. The fourth-order valence-corrected chi connectivity index (χ4v) is 4.93. The Morgan fingerprint density at radius 3 is 2.75 bits per heavy atom. The molecule has 36 heavy (non-hydrogen) atoms. The van der Waals surface area contributed by atoms with Crippen LogP contribution in [0.4, 0.5) is 11.8 Å². The lowest BCUT2D eigenvalue weighted by Gasteiger charge is -2.22. The Morgan fingerprint density at radius 1 is 1.28 bits per heavy atom. The second kappa shape index (κ2) is 11.3. The van der Waals surface area contributed by atoms with E-state index in [1.165, 1.54) is 23.0 Å². The number of anilines is 2. The SMILES string of the molecule is Cn1c(COP(=O)(NCc2ccccc2)OCC2CC(O)C(n3ccc(N)nc3=O)O2)cnc1NO. The number of nitrogens with zero attached hydrogens (tertiary/aromatic N) is 4. The average Bonchev–Trinajstić information content (AvgIpc) is 3.42. The lowest BCUT2D eigenvalue weighted by molar-refractivity contribution is -0.0518. The Kier molecular flexibility index (Phi) is 8.16. The lowest BCUT2D eigenvalue weighted by Crippen LogP contribution is -2.31. The number of nitrogen functional groups attached to an aromatic ring is 1. The van der Waals surface area contributed by atoms with Crippen LogP contribution in [0.1, 0.15) is 23.9 Å². The van der Waals surface area contributed by atoms with Crippen LogP contribution in [0.15, 0.2) is 53.6 Å². The Hall–Kier alpha value is -3.10. The zero-order chi connectivity index (χ0) is 25.7. The van der Waals surface area contributed by atoms with Crippen LogP contribution in [-0.2, 0) is 38.5 Å². The molecule has 3 aromatic rings. The van der Waals surface area contributed by atoms with Crippen LogP contribution >= 0.6 is 7.75 Å². The molecule has 0 radical (unpaired) electrons. The predicted molar refractivity (Wildman–Crippen MR) is 128 cm³/mol. The third kappa shape index (κ3) is 6.17. The smallest absolute Gasteiger partial charge is 0.388 e. The van der Waals surface area contributed by atoms with Crippen LogP contribution in [0.25, 0.3) is 0 Å². The zero-order valence-electron chi connectivity index (χ0n) is 19.4. The largest absolute Gasteiger partial charge is 0.406 e. The number of hydrogen-bond acceptors (Lipinski definition) is 11. The van der Waals surface area contributed by atoms with Gasteiger partial charge in [0.2, 0.25) is 5.95 Å². The van der Waals surface area contributed by atoms with E-state index in [0.717, 1.165) is 10.1 Å². The van der Waals surface area contributed by atoms with Crippen LogP contribution in [0.3, 0.4) is 0 Å². The monoisotopic (exact) mass is 521 g/mol. The van der Waals surface area contributed by atoms with Crippen molar-refractivity contribution in [3.05, 3.63) is 70.5 Å². The van der Waals surface area contributed by atoms with Crippen molar-refractivity contribution in [1.29, 1.82) is 0 Å². The molecule has 1 aliphatic heterocycles. The molecule has 4 unspecified atom stereocenters. The van der Waals surface area contributed by atoms with Gasteiger partial charge in [0.05, 0.1) is 31.2 Å². The number of imidazole rings is 1. The highest BCUT2D eigenvalue weighted by atomic mass is 31.2. The molecule has 3 heterocycles. The Balaban J connectivity index is 1.43. The topological polar surface area (TPSA) is 188 Å². The second-order valence-electron chi connectivity index (χ2n) is 8.13. The molecule has 1 aliphatic rings. The third-order valence-corrected chi connectivity index (χ3v) is 7.11. The maximum atomic E-state index is 13.6. The number of ether oxygens (including phenoxy) is 1. The Morgan fingerprint density at radius 2 is 2.06 bits per heavy atom. The summed E-state index contributed by atoms with van der Waals surface area (Å²) < 4.78 is 33.4. The van der Waals surface area contributed by atoms with Gasteiger partial charge in [-0.25, -0.2) is 24.9 Å². The van der Waals surface area contributed by atoms with E-state index < -0.39 is 31.9 Å². The van der Waals surface area contributed by atoms with E-state index in [4.69, 9.17) is 24.7 Å². The van der Waals surface area contributed by atoms with Gasteiger partial charge < -0.3 is 20.1 Å². The normalized spacial score (nSPS) is 21.4. The van der Waals surface area contributed by atoms with E-state index in [1.807, 2.05) is 35.8 Å². The molecule has 4 atom stereocenters. The molecule has 6 N–H and O–H groups in total. The highest BCUT2D eigenvalue weighted by Gasteiger charge is 2.38. The highest BCUT2D eigenvalue weighted by Crippen LogP contribution is 2.46. The number of aliphatic hydroxyl groups is 1. The third-order valence-electron chi connectivity index (χ3n) is 5.61. The number of benzene rings is 1. The standard InChI is InChI=1S/C21H28N7O7P/c1-27-15(11-23-20(27)26-31)12-33-36(32,24-10-14-5-3-2-4-6-14)34-13-16-9-17(29)19(35-16)28-8-7-18(22)25-21(28)30/h2-8,11,16-17,19,29,31H,9-10,12-13H2,1H3,(H,23,26)(H,24,32)(H2,22,25,30). The molecular weight excluding hydrogens is 493 g/mol. The summed E-state index contributed by atoms with van der Waals surface area (Å²) in [5.74, 6) is 0.245. The van der Waals surface area contributed by atoms with Gasteiger partial charge in [-0.3, -0.25) is 18.8 Å². The summed E-state index contributed by atoms with van der Waals surface area (Å²) in [5.41, 5.74) is 8.21. The van der Waals surface area contributed by atoms with E-state index in [-0.39, 0.29) is 37.9 Å². The van der Waals surface area contributed by atoms with Gasteiger partial charge in [-0.05, 0) is 11.6 Å². The van der Waals surface area contributed by atoms with E-state index in [2.05, 4.69) is 15.1 Å². The molecule has 0 bridgehead atoms. The van der Waals surface area contributed by atoms with E-state index >= 15 is 0 Å². The molecule has 1 saturated heterocycles. The van der Waals surface area contributed by atoms with Crippen LogP contribution in [0.2, 0.25) is 0 Å². The van der Waals surface area contributed by atoms with E-state index in [9.17, 15) is 14.5 Å². The van der Waals surface area contributed by atoms with Crippen LogP contribution in [0.5, 0.6) is 0 Å². The average molecular weight is 521 g/mol. The Labute approximate surface area is 206 Å². The number of hydrogen-bond donors (Lipinski definition) is 5. The fraction of sp³-hybridized carbons (Fsp3) is 0.381. The first-order chi connectivity index (χ1) is 17.3. The molecule has 14 nitrogen and oxygen atoms in total. The van der Waals surface area contributed by atoms with Crippen molar-refractivity contribution in [1.82, 2.24) is 24.2 Å². The summed E-state index contributed by atoms with van der Waals surface area (Å²) in [5, 5.41) is 22.4. The van der Waals surface area contributed by atoms with Crippen LogP contribution in [0, 0.1) is 0 Å². The van der Waals surface area contributed by atoms with Crippen LogP contribution < -0.4 is 22.0 Å². The molecule has 1 aromatic carbocycles. The van der Waals surface area contributed by atoms with Gasteiger partial charge in [-0.2, -0.15) is 4.98 Å². The van der Waals surface area contributed by atoms with Crippen molar-refractivity contribution in [2.75, 3.05) is 17.8 Å². The minimum absolute atomic E-state index is 0.0570. The predicted octanol–water partition coefficient (Wildman–Crippen LogP) is 1.14. The molecule has 15 heteroatoms. The molecule has 0 amide bonds. The van der Waals surface area contributed by atoms with Gasteiger partial charge in [-0.15, -0.1) is 0 Å². The maximum Gasteiger partial charge on any atom is 0.406 e. The first-order valence-electron chi connectivity index (χ1n) is 11.0. The quantitative estimate of drug-likeness (QED) is 0.179. The van der Waals surface area contributed by atoms with Crippen molar-refractivity contribution < 1.29 is 28.7 Å². The minimum Gasteiger partial charge on any atom is -0.388 e. The summed E-state index contributed by atoms with van der Waals surface area (Å²) in [4.78, 5) is 19.8. The highest BCUT2D eigenvalue weighted by molar-refractivity contribution is 7.51. The van der Waals surface area contributed by atoms with Gasteiger partial charge in [0, 0.05) is 26.2 Å². The number of nitrogens with one attached hydrogen (secondary N) is 2. The fourth-order valence-electron chi connectivity index (χ4n) is 3.63. The van der Waals surface area contributed by atoms with Gasteiger partial charge in [-0.1, -0.05) is 30.3 Å². The van der Waals surface area contributed by atoms with Crippen LogP contribution in [-0.4, -0.2) is 48.2 Å². The molecule has 4 rings (SSSR count). The van der Waals surface area contributed by atoms with Crippen molar-refractivity contribution in [2.45, 2.75) is 38.0 Å². The number of rotatable bonds is 11. The van der Waals surface area contributed by atoms with Crippen molar-refractivity contribution in [2.24, 2.45) is 7.05 Å². The van der Waals surface area contributed by atoms with Gasteiger partial charge in [0.25, 0.3) is 0 Å². The Bertz CT molecular complexity index is 1270. The summed E-state index contributed by atoms with van der Waals surface area (Å²) in [7, 11) is -2.23. The van der Waals surface area contributed by atoms with Crippen molar-refractivity contribution >= 4 is 19.5 Å². The van der Waals surface area contributed by atoms with Crippen molar-refractivity contribution in [3.63, 3.8) is 0 Å². The molecule has 0 spiro atoms. The van der Waals surface area contributed by atoms with E-state index in [1.54, 1.807) is 7.05 Å². The molecule has 194 valence electrons. The zero-order valence-corrected chi connectivity index (χ0v) is 20.3. The maximum absolute atomic E-state index is 13.6. The summed E-state index contributed by atoms with van der Waals surface area (Å²) >= 11 is 0. The van der Waals surface area contributed by atoms with Crippen molar-refractivity contribution in [3.8, 4) is 0 Å². The lowest BCUT2D eigenvalue weighted by atomic mass is 10.2. The van der Waals surface area contributed by atoms with Gasteiger partial charge >= 0.3 is 13.4 Å². The number of nitrogens with two attached hydrogens (primary N) is 1. The molecule has 0 aliphatic carbocycles. The molecule has 0 saturated carbocycles. The van der Waals surface area contributed by atoms with Gasteiger partial charge in [0.15, 0.2) is 6.23 Å². The molecule has 1 fully saturated rings. The van der Waals surface area contributed by atoms with E-state index in [0.29, 0.717) is 5.69 Å². The number of aromatic nitrogens is 4. The first kappa shape index (κ1) is 26.0. The molecular formula is C21H28N7O7P. The second-order valence-corrected chi connectivity index (χ2v) is 9.95. The molecule has 2 aromatic heterocycles. The van der Waals surface area contributed by atoms with Gasteiger partial charge in [0.1, 0.15) is 11.9 Å².